The van der Waals surface area contributed by atoms with Crippen LogP contribution in [0.3, 0.4) is 0 Å². The molecular weight excluding hydrogens is 326 g/mol. The summed E-state index contributed by atoms with van der Waals surface area (Å²) in [4.78, 5) is 39.6. The SMILES string of the molecule is CC(=O)N1CC[C@]23CCC(=O)C[C@]12CC[C@@H]1[C@@H]3CC[C@]2(C)C(=O)CC[C@@H]12. The molecule has 0 aromatic rings. The Hall–Kier alpha value is -1.19. The van der Waals surface area contributed by atoms with Gasteiger partial charge in [-0.2, -0.15) is 0 Å². The van der Waals surface area contributed by atoms with Crippen LogP contribution >= 0.6 is 0 Å². The third-order valence-corrected chi connectivity index (χ3v) is 9.69. The van der Waals surface area contributed by atoms with Gasteiger partial charge in [0.15, 0.2) is 0 Å². The van der Waals surface area contributed by atoms with Gasteiger partial charge in [-0.25, -0.2) is 0 Å². The van der Waals surface area contributed by atoms with E-state index < -0.39 is 0 Å². The summed E-state index contributed by atoms with van der Waals surface area (Å²) in [5, 5.41) is 0. The maximum atomic E-state index is 12.6. The van der Waals surface area contributed by atoms with Crippen molar-refractivity contribution in [2.75, 3.05) is 6.54 Å². The third-order valence-electron chi connectivity index (χ3n) is 9.69. The number of nitrogens with zero attached hydrogens (tertiary/aromatic N) is 1. The fourth-order valence-corrected chi connectivity index (χ4v) is 8.63. The quantitative estimate of drug-likeness (QED) is 0.666. The highest BCUT2D eigenvalue weighted by atomic mass is 16.2. The van der Waals surface area contributed by atoms with Gasteiger partial charge in [0.1, 0.15) is 11.6 Å². The summed E-state index contributed by atoms with van der Waals surface area (Å²) >= 11 is 0. The van der Waals surface area contributed by atoms with Gasteiger partial charge in [-0.1, -0.05) is 6.92 Å². The Morgan fingerprint density at radius 1 is 1.00 bits per heavy atom. The Labute approximate surface area is 156 Å². The van der Waals surface area contributed by atoms with E-state index in [2.05, 4.69) is 11.8 Å². The van der Waals surface area contributed by atoms with Crippen LogP contribution in [0.1, 0.15) is 78.1 Å². The van der Waals surface area contributed by atoms with Crippen molar-refractivity contribution in [2.45, 2.75) is 83.6 Å². The van der Waals surface area contributed by atoms with Crippen molar-refractivity contribution >= 4 is 17.5 Å². The molecule has 0 aromatic carbocycles. The molecule has 4 aliphatic carbocycles. The van der Waals surface area contributed by atoms with Crippen LogP contribution in [0, 0.1) is 28.6 Å². The maximum Gasteiger partial charge on any atom is 0.219 e. The average Bonchev–Trinajstić information content (AvgIpc) is 3.10. The van der Waals surface area contributed by atoms with Gasteiger partial charge >= 0.3 is 0 Å². The van der Waals surface area contributed by atoms with Crippen molar-refractivity contribution in [3.8, 4) is 0 Å². The van der Waals surface area contributed by atoms with E-state index in [1.165, 1.54) is 0 Å². The second-order valence-corrected chi connectivity index (χ2v) is 10.2. The average molecular weight is 357 g/mol. The van der Waals surface area contributed by atoms with E-state index in [0.29, 0.717) is 42.2 Å². The Morgan fingerprint density at radius 2 is 1.81 bits per heavy atom. The van der Waals surface area contributed by atoms with Crippen LogP contribution < -0.4 is 0 Å². The molecule has 4 heteroatoms. The lowest BCUT2D eigenvalue weighted by atomic mass is 9.42. The van der Waals surface area contributed by atoms with Gasteiger partial charge in [-0.15, -0.1) is 0 Å². The molecule has 0 aromatic heterocycles. The molecule has 5 fully saturated rings. The van der Waals surface area contributed by atoms with Gasteiger partial charge < -0.3 is 4.90 Å². The number of amides is 1. The number of hydrogen-bond acceptors (Lipinski definition) is 3. The zero-order valence-electron chi connectivity index (χ0n) is 16.2. The molecule has 0 spiro atoms. The number of carbonyl (C=O) groups excluding carboxylic acids is 3. The van der Waals surface area contributed by atoms with Crippen molar-refractivity contribution in [1.29, 1.82) is 0 Å². The first-order valence-electron chi connectivity index (χ1n) is 10.7. The minimum absolute atomic E-state index is 0.0961. The molecule has 142 valence electrons. The molecule has 0 unspecified atom stereocenters. The van der Waals surface area contributed by atoms with E-state index in [9.17, 15) is 14.4 Å². The van der Waals surface area contributed by atoms with Crippen molar-refractivity contribution in [3.05, 3.63) is 0 Å². The Morgan fingerprint density at radius 3 is 2.58 bits per heavy atom. The van der Waals surface area contributed by atoms with Crippen LogP contribution in [0.25, 0.3) is 0 Å². The van der Waals surface area contributed by atoms with Crippen LogP contribution in [-0.2, 0) is 14.4 Å². The summed E-state index contributed by atoms with van der Waals surface area (Å²) in [6, 6.07) is 0. The van der Waals surface area contributed by atoms with Gasteiger partial charge in [0, 0.05) is 38.1 Å². The lowest BCUT2D eigenvalue weighted by molar-refractivity contribution is -0.167. The molecule has 5 aliphatic rings. The Bertz CT molecular complexity index is 702. The highest BCUT2D eigenvalue weighted by Crippen LogP contribution is 2.70. The highest BCUT2D eigenvalue weighted by Gasteiger charge is 2.70. The molecule has 0 bridgehead atoms. The minimum atomic E-state index is -0.217. The first-order chi connectivity index (χ1) is 12.3. The molecule has 1 heterocycles. The lowest BCUT2D eigenvalue weighted by Gasteiger charge is -2.64. The first-order valence-corrected chi connectivity index (χ1v) is 10.7. The highest BCUT2D eigenvalue weighted by molar-refractivity contribution is 5.87. The summed E-state index contributed by atoms with van der Waals surface area (Å²) in [5.74, 6) is 2.74. The van der Waals surface area contributed by atoms with E-state index >= 15 is 0 Å². The normalized spacial score (nSPS) is 50.1. The molecule has 1 saturated heterocycles. The standard InChI is InChI=1S/C22H31NO3/c1-14(24)23-12-11-21-9-5-15(25)13-22(21,23)10-6-16-17-3-4-19(26)20(17,2)8-7-18(16)21/h16-18H,3-13H2,1-2H3/t16-,17-,18-,20-,21-,22-/m0/s1. The first kappa shape index (κ1) is 16.9. The van der Waals surface area contributed by atoms with Crippen molar-refractivity contribution in [3.63, 3.8) is 0 Å². The van der Waals surface area contributed by atoms with Gasteiger partial charge in [-0.3, -0.25) is 14.4 Å². The van der Waals surface area contributed by atoms with Crippen molar-refractivity contribution < 1.29 is 14.4 Å². The fourth-order valence-electron chi connectivity index (χ4n) is 8.63. The number of ketones is 2. The number of rotatable bonds is 0. The van der Waals surface area contributed by atoms with Gasteiger partial charge in [0.25, 0.3) is 0 Å². The zero-order chi connectivity index (χ0) is 18.3. The van der Waals surface area contributed by atoms with E-state index in [0.717, 1.165) is 57.9 Å². The summed E-state index contributed by atoms with van der Waals surface area (Å²) in [6.07, 6.45) is 9.34. The van der Waals surface area contributed by atoms with Gasteiger partial charge in [-0.05, 0) is 68.1 Å². The smallest absolute Gasteiger partial charge is 0.219 e. The second-order valence-electron chi connectivity index (χ2n) is 10.2. The molecule has 4 nitrogen and oxygen atoms in total. The molecule has 1 amide bonds. The van der Waals surface area contributed by atoms with Gasteiger partial charge in [0.2, 0.25) is 5.91 Å². The van der Waals surface area contributed by atoms with E-state index in [4.69, 9.17) is 0 Å². The Kier molecular flexibility index (Phi) is 3.39. The van der Waals surface area contributed by atoms with E-state index in [-0.39, 0.29) is 22.3 Å². The topological polar surface area (TPSA) is 54.5 Å². The van der Waals surface area contributed by atoms with Crippen LogP contribution in [0.4, 0.5) is 0 Å². The molecule has 1 aliphatic heterocycles. The number of likely N-dealkylation sites (tertiary alicyclic amines) is 1. The number of fused-ring (bicyclic) bond motifs is 3. The minimum Gasteiger partial charge on any atom is -0.336 e. The van der Waals surface area contributed by atoms with Crippen LogP contribution in [0.5, 0.6) is 0 Å². The molecule has 0 N–H and O–H groups in total. The lowest BCUT2D eigenvalue weighted by Crippen LogP contribution is -2.66. The Balaban J connectivity index is 1.58. The predicted molar refractivity (Wildman–Crippen MR) is 97.3 cm³/mol. The zero-order valence-corrected chi connectivity index (χ0v) is 16.2. The van der Waals surface area contributed by atoms with Crippen LogP contribution in [0.15, 0.2) is 0 Å². The molecule has 0 radical (unpaired) electrons. The van der Waals surface area contributed by atoms with Crippen molar-refractivity contribution in [2.24, 2.45) is 28.6 Å². The number of Topliss-reactive ketones (excluding diaryl/α,β-unsaturated/α-hetero) is 2. The summed E-state index contributed by atoms with van der Waals surface area (Å²) in [7, 11) is 0. The fraction of sp³-hybridized carbons (Fsp3) is 0.864. The molecule has 26 heavy (non-hydrogen) atoms. The van der Waals surface area contributed by atoms with Crippen LogP contribution in [0.2, 0.25) is 0 Å². The monoisotopic (exact) mass is 357 g/mol. The maximum absolute atomic E-state index is 12.6. The number of carbonyl (C=O) groups is 3. The molecular formula is C22H31NO3. The van der Waals surface area contributed by atoms with E-state index in [1.807, 2.05) is 0 Å². The molecule has 5 rings (SSSR count). The predicted octanol–water partition coefficient (Wildman–Crippen LogP) is 3.52. The summed E-state index contributed by atoms with van der Waals surface area (Å²) < 4.78 is 0. The summed E-state index contributed by atoms with van der Waals surface area (Å²) in [5.41, 5.74) is -0.185. The second kappa shape index (κ2) is 5.20. The third kappa shape index (κ3) is 1.79. The molecule has 4 saturated carbocycles. The summed E-state index contributed by atoms with van der Waals surface area (Å²) in [6.45, 7) is 4.74. The number of hydrogen-bond donors (Lipinski definition) is 0. The van der Waals surface area contributed by atoms with Crippen LogP contribution in [-0.4, -0.2) is 34.5 Å². The van der Waals surface area contributed by atoms with E-state index in [1.54, 1.807) is 6.92 Å². The molecule has 6 atom stereocenters. The largest absolute Gasteiger partial charge is 0.336 e. The van der Waals surface area contributed by atoms with Gasteiger partial charge in [0.05, 0.1) is 5.54 Å². The van der Waals surface area contributed by atoms with Crippen molar-refractivity contribution in [1.82, 2.24) is 4.90 Å².